The molecule has 1 heterocycles. The lowest BCUT2D eigenvalue weighted by Crippen LogP contribution is -2.51. The number of hydrogen-bond donors (Lipinski definition) is 0. The average Bonchev–Trinajstić information content (AvgIpc) is 2.27. The van der Waals surface area contributed by atoms with Crippen LogP contribution in [0.15, 0.2) is 30.3 Å². The first-order chi connectivity index (χ1) is 8.39. The van der Waals surface area contributed by atoms with Gasteiger partial charge in [-0.3, -0.25) is 9.59 Å². The molecule has 0 radical (unpaired) electrons. The molecule has 1 atom stereocenters. The molecule has 1 aliphatic rings. The number of likely N-dealkylation sites (tertiary alicyclic amines) is 1. The van der Waals surface area contributed by atoms with Gasteiger partial charge in [0.15, 0.2) is 0 Å². The molecule has 96 valence electrons. The Hall–Kier alpha value is -1.64. The van der Waals surface area contributed by atoms with E-state index in [0.29, 0.717) is 6.42 Å². The van der Waals surface area contributed by atoms with Crippen LogP contribution in [0.1, 0.15) is 45.2 Å². The highest BCUT2D eigenvalue weighted by molar-refractivity contribution is 6.01. The van der Waals surface area contributed by atoms with Gasteiger partial charge in [-0.05, 0) is 26.3 Å². The zero-order valence-corrected chi connectivity index (χ0v) is 11.1. The number of rotatable bonds is 1. The van der Waals surface area contributed by atoms with Crippen molar-refractivity contribution in [3.8, 4) is 0 Å². The molecule has 0 aromatic heterocycles. The number of benzene rings is 1. The lowest BCUT2D eigenvalue weighted by atomic mass is 9.89. The number of Topliss-reactive ketones (excluding diaryl/α,β-unsaturated/α-hetero) is 1. The Morgan fingerprint density at radius 3 is 2.28 bits per heavy atom. The lowest BCUT2D eigenvalue weighted by molar-refractivity contribution is -0.148. The largest absolute Gasteiger partial charge is 0.330 e. The minimum absolute atomic E-state index is 0.0364. The first kappa shape index (κ1) is 12.8. The molecule has 18 heavy (non-hydrogen) atoms. The van der Waals surface area contributed by atoms with E-state index in [2.05, 4.69) is 0 Å². The van der Waals surface area contributed by atoms with Crippen LogP contribution in [0.25, 0.3) is 0 Å². The molecule has 1 aromatic carbocycles. The summed E-state index contributed by atoms with van der Waals surface area (Å²) in [6.45, 7) is 6.03. The molecule has 1 aromatic rings. The van der Waals surface area contributed by atoms with E-state index in [0.717, 1.165) is 5.56 Å². The number of nitrogens with zero attached hydrogens (tertiary/aromatic N) is 1. The summed E-state index contributed by atoms with van der Waals surface area (Å²) in [5, 5.41) is 0. The Morgan fingerprint density at radius 1 is 1.11 bits per heavy atom. The maximum absolute atomic E-state index is 12.1. The molecule has 1 saturated heterocycles. The molecule has 0 unspecified atom stereocenters. The third kappa shape index (κ3) is 2.45. The molecule has 1 amide bonds. The summed E-state index contributed by atoms with van der Waals surface area (Å²) in [5.41, 5.74) is 0.770. The molecule has 0 spiro atoms. The van der Waals surface area contributed by atoms with E-state index in [-0.39, 0.29) is 29.7 Å². The average molecular weight is 245 g/mol. The number of amides is 1. The Labute approximate surface area is 108 Å². The van der Waals surface area contributed by atoms with Crippen LogP contribution in [0.5, 0.6) is 0 Å². The van der Waals surface area contributed by atoms with Gasteiger partial charge in [0.1, 0.15) is 5.78 Å². The predicted molar refractivity (Wildman–Crippen MR) is 70.0 cm³/mol. The van der Waals surface area contributed by atoms with Gasteiger partial charge in [0.2, 0.25) is 5.91 Å². The molecule has 0 N–H and O–H groups in total. The van der Waals surface area contributed by atoms with Gasteiger partial charge in [0.05, 0.1) is 12.5 Å². The van der Waals surface area contributed by atoms with Crippen molar-refractivity contribution in [1.29, 1.82) is 0 Å². The van der Waals surface area contributed by atoms with E-state index in [1.807, 2.05) is 56.0 Å². The summed E-state index contributed by atoms with van der Waals surface area (Å²) in [6, 6.07) is 9.67. The Bertz CT molecular complexity index is 459. The molecule has 0 aliphatic carbocycles. The van der Waals surface area contributed by atoms with E-state index < -0.39 is 0 Å². The SMILES string of the molecule is CC(C)(C)N1C(=O)CC(=O)C[C@@H]1c1ccccc1. The van der Waals surface area contributed by atoms with Crippen molar-refractivity contribution in [2.24, 2.45) is 0 Å². The van der Waals surface area contributed by atoms with E-state index in [9.17, 15) is 9.59 Å². The van der Waals surface area contributed by atoms with Crippen molar-refractivity contribution in [2.75, 3.05) is 0 Å². The van der Waals surface area contributed by atoms with Gasteiger partial charge in [0.25, 0.3) is 0 Å². The summed E-state index contributed by atoms with van der Waals surface area (Å²) < 4.78 is 0. The molecular weight excluding hydrogens is 226 g/mol. The number of piperidine rings is 1. The van der Waals surface area contributed by atoms with Crippen LogP contribution >= 0.6 is 0 Å². The molecule has 0 saturated carbocycles. The van der Waals surface area contributed by atoms with Gasteiger partial charge in [-0.1, -0.05) is 30.3 Å². The third-order valence-corrected chi connectivity index (χ3v) is 3.26. The van der Waals surface area contributed by atoms with Crippen LogP contribution in [0.2, 0.25) is 0 Å². The second-order valence-electron chi connectivity index (χ2n) is 5.78. The van der Waals surface area contributed by atoms with Gasteiger partial charge < -0.3 is 4.90 Å². The Balaban J connectivity index is 2.40. The van der Waals surface area contributed by atoms with E-state index in [1.54, 1.807) is 0 Å². The minimum Gasteiger partial charge on any atom is -0.330 e. The van der Waals surface area contributed by atoms with E-state index >= 15 is 0 Å². The standard InChI is InChI=1S/C15H19NO2/c1-15(2,3)16-13(9-12(17)10-14(16)18)11-7-5-4-6-8-11/h4-8,13H,9-10H2,1-3H3/t13-/m1/s1. The maximum Gasteiger partial charge on any atom is 0.230 e. The molecule has 1 aliphatic heterocycles. The molecule has 1 fully saturated rings. The normalized spacial score (nSPS) is 21.3. The Kier molecular flexibility index (Phi) is 3.24. The lowest BCUT2D eigenvalue weighted by Gasteiger charge is -2.44. The molecule has 3 nitrogen and oxygen atoms in total. The molecule has 2 rings (SSSR count). The summed E-state index contributed by atoms with van der Waals surface area (Å²) in [6.07, 6.45) is 0.466. The topological polar surface area (TPSA) is 37.4 Å². The number of carbonyl (C=O) groups excluding carboxylic acids is 2. The van der Waals surface area contributed by atoms with Gasteiger partial charge in [-0.2, -0.15) is 0 Å². The fourth-order valence-corrected chi connectivity index (χ4v) is 2.59. The number of carbonyl (C=O) groups is 2. The zero-order valence-electron chi connectivity index (χ0n) is 11.1. The molecule has 3 heteroatoms. The monoisotopic (exact) mass is 245 g/mol. The van der Waals surface area contributed by atoms with Crippen LogP contribution in [-0.2, 0) is 9.59 Å². The molecule has 0 bridgehead atoms. The van der Waals surface area contributed by atoms with Crippen molar-refractivity contribution in [2.45, 2.75) is 45.2 Å². The van der Waals surface area contributed by atoms with Gasteiger partial charge >= 0.3 is 0 Å². The fourth-order valence-electron chi connectivity index (χ4n) is 2.59. The summed E-state index contributed by atoms with van der Waals surface area (Å²) in [7, 11) is 0. The van der Waals surface area contributed by atoms with Crippen LogP contribution in [0.3, 0.4) is 0 Å². The fraction of sp³-hybridized carbons (Fsp3) is 0.467. The summed E-state index contributed by atoms with van der Waals surface area (Å²) in [4.78, 5) is 25.7. The minimum atomic E-state index is -0.266. The van der Waals surface area contributed by atoms with Crippen molar-refractivity contribution >= 4 is 11.7 Å². The smallest absolute Gasteiger partial charge is 0.230 e. The number of hydrogen-bond acceptors (Lipinski definition) is 2. The van der Waals surface area contributed by atoms with Gasteiger partial charge in [-0.15, -0.1) is 0 Å². The third-order valence-electron chi connectivity index (χ3n) is 3.26. The highest BCUT2D eigenvalue weighted by atomic mass is 16.2. The quantitative estimate of drug-likeness (QED) is 0.713. The second kappa shape index (κ2) is 4.56. The van der Waals surface area contributed by atoms with Crippen LogP contribution in [0, 0.1) is 0 Å². The van der Waals surface area contributed by atoms with Crippen molar-refractivity contribution in [3.63, 3.8) is 0 Å². The Morgan fingerprint density at radius 2 is 1.72 bits per heavy atom. The van der Waals surface area contributed by atoms with E-state index in [1.165, 1.54) is 0 Å². The van der Waals surface area contributed by atoms with Gasteiger partial charge in [-0.25, -0.2) is 0 Å². The van der Waals surface area contributed by atoms with Crippen molar-refractivity contribution in [3.05, 3.63) is 35.9 Å². The second-order valence-corrected chi connectivity index (χ2v) is 5.78. The predicted octanol–water partition coefficient (Wildman–Crippen LogP) is 2.72. The van der Waals surface area contributed by atoms with E-state index in [4.69, 9.17) is 0 Å². The van der Waals surface area contributed by atoms with Crippen LogP contribution in [0.4, 0.5) is 0 Å². The van der Waals surface area contributed by atoms with Gasteiger partial charge in [0, 0.05) is 12.0 Å². The van der Waals surface area contributed by atoms with Crippen LogP contribution < -0.4 is 0 Å². The summed E-state index contributed by atoms with van der Waals surface area (Å²) >= 11 is 0. The van der Waals surface area contributed by atoms with Crippen molar-refractivity contribution < 1.29 is 9.59 Å². The highest BCUT2D eigenvalue weighted by Gasteiger charge is 2.39. The highest BCUT2D eigenvalue weighted by Crippen LogP contribution is 2.35. The molecular formula is C15H19NO2. The number of ketones is 1. The van der Waals surface area contributed by atoms with Crippen LogP contribution in [-0.4, -0.2) is 22.1 Å². The first-order valence-corrected chi connectivity index (χ1v) is 6.28. The maximum atomic E-state index is 12.1. The van der Waals surface area contributed by atoms with Crippen molar-refractivity contribution in [1.82, 2.24) is 4.90 Å². The first-order valence-electron chi connectivity index (χ1n) is 6.28. The zero-order chi connectivity index (χ0) is 13.3. The summed E-state index contributed by atoms with van der Waals surface area (Å²) in [5.74, 6) is -0.0260.